The molecule has 0 bridgehead atoms. The summed E-state index contributed by atoms with van der Waals surface area (Å²) in [4.78, 5) is 26.1. The first kappa shape index (κ1) is 18.1. The molecule has 1 atom stereocenters. The molecule has 0 aromatic heterocycles. The van der Waals surface area contributed by atoms with Crippen molar-refractivity contribution in [3.8, 4) is 0 Å². The number of likely N-dealkylation sites (tertiary alicyclic amines) is 1. The maximum Gasteiger partial charge on any atom is 0.224 e. The Balaban J connectivity index is 1.41. The second-order valence-electron chi connectivity index (χ2n) is 6.75. The molecule has 1 heterocycles. The number of carbonyl (C=O) groups is 2. The van der Waals surface area contributed by atoms with Gasteiger partial charge < -0.3 is 10.2 Å². The number of nitrogens with one attached hydrogen (secondary N) is 1. The minimum atomic E-state index is -0.311. The normalized spacial score (nSPS) is 16.7. The lowest BCUT2D eigenvalue weighted by molar-refractivity contribution is -0.127. The summed E-state index contributed by atoms with van der Waals surface area (Å²) in [5.41, 5.74) is 1.99. The maximum atomic E-state index is 12.9. The number of hydrogen-bond acceptors (Lipinski definition) is 2. The third-order valence-corrected chi connectivity index (χ3v) is 4.67. The zero-order chi connectivity index (χ0) is 18.4. The predicted molar refractivity (Wildman–Crippen MR) is 97.9 cm³/mol. The molecule has 1 N–H and O–H groups in total. The average molecular weight is 354 g/mol. The van der Waals surface area contributed by atoms with E-state index in [4.69, 9.17) is 0 Å². The van der Waals surface area contributed by atoms with E-state index in [0.717, 1.165) is 12.0 Å². The van der Waals surface area contributed by atoms with Crippen molar-refractivity contribution in [2.24, 2.45) is 5.92 Å². The van der Waals surface area contributed by atoms with Gasteiger partial charge in [0.1, 0.15) is 5.82 Å². The van der Waals surface area contributed by atoms with E-state index >= 15 is 0 Å². The number of benzene rings is 2. The summed E-state index contributed by atoms with van der Waals surface area (Å²) in [7, 11) is 0. The SMILES string of the molecule is O=C(Cc1ccc(F)cc1)NCC1CC(=O)N(CCc2ccccc2)C1. The Morgan fingerprint density at radius 2 is 1.81 bits per heavy atom. The van der Waals surface area contributed by atoms with E-state index in [0.29, 0.717) is 26.1 Å². The Morgan fingerprint density at radius 1 is 1.08 bits per heavy atom. The van der Waals surface area contributed by atoms with E-state index in [-0.39, 0.29) is 30.0 Å². The summed E-state index contributed by atoms with van der Waals surface area (Å²) < 4.78 is 12.9. The van der Waals surface area contributed by atoms with Crippen LogP contribution in [0.2, 0.25) is 0 Å². The van der Waals surface area contributed by atoms with Crippen LogP contribution in [0.5, 0.6) is 0 Å². The Morgan fingerprint density at radius 3 is 2.54 bits per heavy atom. The summed E-state index contributed by atoms with van der Waals surface area (Å²) in [5, 5.41) is 2.89. The molecule has 0 radical (unpaired) electrons. The first-order chi connectivity index (χ1) is 12.6. The van der Waals surface area contributed by atoms with Gasteiger partial charge >= 0.3 is 0 Å². The van der Waals surface area contributed by atoms with Gasteiger partial charge in [-0.15, -0.1) is 0 Å². The van der Waals surface area contributed by atoms with E-state index in [1.807, 2.05) is 23.1 Å². The Hall–Kier alpha value is -2.69. The van der Waals surface area contributed by atoms with Gasteiger partial charge in [0.2, 0.25) is 11.8 Å². The predicted octanol–water partition coefficient (Wildman–Crippen LogP) is 2.58. The second kappa shape index (κ2) is 8.61. The fraction of sp³-hybridized carbons (Fsp3) is 0.333. The highest BCUT2D eigenvalue weighted by atomic mass is 19.1. The number of nitrogens with zero attached hydrogens (tertiary/aromatic N) is 1. The van der Waals surface area contributed by atoms with Gasteiger partial charge in [-0.05, 0) is 29.7 Å². The summed E-state index contributed by atoms with van der Waals surface area (Å²) in [6.45, 7) is 1.89. The molecule has 26 heavy (non-hydrogen) atoms. The minimum Gasteiger partial charge on any atom is -0.355 e. The van der Waals surface area contributed by atoms with Gasteiger partial charge in [0.15, 0.2) is 0 Å². The molecule has 0 spiro atoms. The van der Waals surface area contributed by atoms with Crippen molar-refractivity contribution < 1.29 is 14.0 Å². The van der Waals surface area contributed by atoms with Crippen LogP contribution in [0.3, 0.4) is 0 Å². The fourth-order valence-corrected chi connectivity index (χ4v) is 3.22. The van der Waals surface area contributed by atoms with E-state index < -0.39 is 0 Å². The van der Waals surface area contributed by atoms with Crippen LogP contribution in [-0.2, 0) is 22.4 Å². The summed E-state index contributed by atoms with van der Waals surface area (Å²) in [6.07, 6.45) is 1.54. The first-order valence-electron chi connectivity index (χ1n) is 8.93. The van der Waals surface area contributed by atoms with Crippen LogP contribution in [0.1, 0.15) is 17.5 Å². The fourth-order valence-electron chi connectivity index (χ4n) is 3.22. The molecule has 3 rings (SSSR count). The molecule has 1 aliphatic rings. The molecule has 1 saturated heterocycles. The van der Waals surface area contributed by atoms with E-state index in [1.54, 1.807) is 12.1 Å². The smallest absolute Gasteiger partial charge is 0.224 e. The molecule has 5 heteroatoms. The number of hydrogen-bond donors (Lipinski definition) is 1. The molecule has 4 nitrogen and oxygen atoms in total. The van der Waals surface area contributed by atoms with Crippen LogP contribution in [0.15, 0.2) is 54.6 Å². The molecule has 0 aliphatic carbocycles. The molecular weight excluding hydrogens is 331 g/mol. The van der Waals surface area contributed by atoms with Crippen molar-refractivity contribution in [2.75, 3.05) is 19.6 Å². The van der Waals surface area contributed by atoms with Gasteiger partial charge in [0.25, 0.3) is 0 Å². The van der Waals surface area contributed by atoms with Crippen LogP contribution in [-0.4, -0.2) is 36.3 Å². The van der Waals surface area contributed by atoms with Crippen molar-refractivity contribution in [3.63, 3.8) is 0 Å². The van der Waals surface area contributed by atoms with Gasteiger partial charge in [0.05, 0.1) is 6.42 Å². The number of halogens is 1. The van der Waals surface area contributed by atoms with Crippen molar-refractivity contribution in [2.45, 2.75) is 19.3 Å². The van der Waals surface area contributed by atoms with Crippen LogP contribution in [0.4, 0.5) is 4.39 Å². The third kappa shape index (κ3) is 5.15. The van der Waals surface area contributed by atoms with Gasteiger partial charge in [0, 0.05) is 32.0 Å². The Bertz CT molecular complexity index is 746. The van der Waals surface area contributed by atoms with Crippen molar-refractivity contribution in [1.82, 2.24) is 10.2 Å². The maximum absolute atomic E-state index is 12.9. The van der Waals surface area contributed by atoms with Gasteiger partial charge in [-0.1, -0.05) is 42.5 Å². The minimum absolute atomic E-state index is 0.105. The Labute approximate surface area is 153 Å². The van der Waals surface area contributed by atoms with Crippen LogP contribution in [0.25, 0.3) is 0 Å². The number of carbonyl (C=O) groups excluding carboxylic acids is 2. The average Bonchev–Trinajstić information content (AvgIpc) is 3.01. The monoisotopic (exact) mass is 354 g/mol. The summed E-state index contributed by atoms with van der Waals surface area (Å²) in [6, 6.07) is 16.0. The largest absolute Gasteiger partial charge is 0.355 e. The van der Waals surface area contributed by atoms with E-state index in [1.165, 1.54) is 17.7 Å². The van der Waals surface area contributed by atoms with Crippen LogP contribution >= 0.6 is 0 Å². The van der Waals surface area contributed by atoms with E-state index in [9.17, 15) is 14.0 Å². The van der Waals surface area contributed by atoms with Crippen LogP contribution in [0, 0.1) is 11.7 Å². The van der Waals surface area contributed by atoms with Crippen molar-refractivity contribution in [3.05, 3.63) is 71.5 Å². The molecule has 0 saturated carbocycles. The van der Waals surface area contributed by atoms with Gasteiger partial charge in [-0.25, -0.2) is 4.39 Å². The Kier molecular flexibility index (Phi) is 6.00. The molecule has 1 aliphatic heterocycles. The molecular formula is C21H23FN2O2. The van der Waals surface area contributed by atoms with Crippen molar-refractivity contribution in [1.29, 1.82) is 0 Å². The third-order valence-electron chi connectivity index (χ3n) is 4.67. The van der Waals surface area contributed by atoms with Gasteiger partial charge in [-0.3, -0.25) is 9.59 Å². The zero-order valence-corrected chi connectivity index (χ0v) is 14.7. The number of rotatable bonds is 7. The molecule has 2 aromatic rings. The lowest BCUT2D eigenvalue weighted by atomic mass is 10.1. The van der Waals surface area contributed by atoms with Crippen LogP contribution < -0.4 is 5.32 Å². The standard InChI is InChI=1S/C21H23FN2O2/c22-19-8-6-17(7-9-19)12-20(25)23-14-18-13-21(26)24(15-18)11-10-16-4-2-1-3-5-16/h1-9,18H,10-15H2,(H,23,25). The first-order valence-corrected chi connectivity index (χ1v) is 8.93. The number of amides is 2. The molecule has 2 amide bonds. The van der Waals surface area contributed by atoms with Gasteiger partial charge in [-0.2, -0.15) is 0 Å². The second-order valence-corrected chi connectivity index (χ2v) is 6.75. The highest BCUT2D eigenvalue weighted by Gasteiger charge is 2.29. The lowest BCUT2D eigenvalue weighted by Crippen LogP contribution is -2.32. The molecule has 136 valence electrons. The highest BCUT2D eigenvalue weighted by Crippen LogP contribution is 2.17. The molecule has 1 fully saturated rings. The van der Waals surface area contributed by atoms with Crippen molar-refractivity contribution >= 4 is 11.8 Å². The summed E-state index contributed by atoms with van der Waals surface area (Å²) >= 11 is 0. The highest BCUT2D eigenvalue weighted by molar-refractivity contribution is 5.80. The summed E-state index contributed by atoms with van der Waals surface area (Å²) in [5.74, 6) is -0.116. The quantitative estimate of drug-likeness (QED) is 0.831. The topological polar surface area (TPSA) is 49.4 Å². The lowest BCUT2D eigenvalue weighted by Gasteiger charge is -2.17. The zero-order valence-electron chi connectivity index (χ0n) is 14.7. The molecule has 2 aromatic carbocycles. The molecule has 1 unspecified atom stereocenters. The van der Waals surface area contributed by atoms with E-state index in [2.05, 4.69) is 17.4 Å².